The number of aryl methyl sites for hydroxylation is 1. The number of hydrogen-bond donors (Lipinski definition) is 1. The summed E-state index contributed by atoms with van der Waals surface area (Å²) in [4.78, 5) is 28.4. The first kappa shape index (κ1) is 18.5. The van der Waals surface area contributed by atoms with Gasteiger partial charge in [-0.3, -0.25) is 0 Å². The number of amides is 2. The lowest BCUT2D eigenvalue weighted by Crippen LogP contribution is -2.50. The van der Waals surface area contributed by atoms with Gasteiger partial charge >= 0.3 is 6.03 Å². The molecule has 0 saturated carbocycles. The fraction of sp³-hybridized carbons (Fsp3) is 0.476. The molecule has 3 heterocycles. The SMILES string of the molecule is Cc1cc(N2CCCCC2)nc(N2CCN(C(=O)Nc3ccccc3)CC2)n1. The van der Waals surface area contributed by atoms with Gasteiger partial charge < -0.3 is 20.0 Å². The Kier molecular flexibility index (Phi) is 5.60. The Labute approximate surface area is 166 Å². The predicted molar refractivity (Wildman–Crippen MR) is 112 cm³/mol. The van der Waals surface area contributed by atoms with Crippen LogP contribution in [0.4, 0.5) is 22.2 Å². The van der Waals surface area contributed by atoms with Crippen LogP contribution < -0.4 is 15.1 Å². The number of urea groups is 1. The lowest BCUT2D eigenvalue weighted by Gasteiger charge is -2.35. The molecule has 0 atom stereocenters. The summed E-state index contributed by atoms with van der Waals surface area (Å²) in [6, 6.07) is 11.6. The van der Waals surface area contributed by atoms with E-state index in [0.717, 1.165) is 49.3 Å². The van der Waals surface area contributed by atoms with Gasteiger partial charge in [0.05, 0.1) is 0 Å². The van der Waals surface area contributed by atoms with Gasteiger partial charge in [-0.15, -0.1) is 0 Å². The Hall–Kier alpha value is -2.83. The first-order valence-electron chi connectivity index (χ1n) is 10.2. The minimum atomic E-state index is -0.0509. The molecule has 148 valence electrons. The molecule has 2 aromatic rings. The average Bonchev–Trinajstić information content (AvgIpc) is 2.75. The van der Waals surface area contributed by atoms with Gasteiger partial charge in [0.25, 0.3) is 0 Å². The number of rotatable bonds is 3. The molecular weight excluding hydrogens is 352 g/mol. The van der Waals surface area contributed by atoms with E-state index in [1.807, 2.05) is 42.2 Å². The summed E-state index contributed by atoms with van der Waals surface area (Å²) < 4.78 is 0. The summed E-state index contributed by atoms with van der Waals surface area (Å²) in [6.07, 6.45) is 3.77. The summed E-state index contributed by atoms with van der Waals surface area (Å²) >= 11 is 0. The lowest BCUT2D eigenvalue weighted by molar-refractivity contribution is 0.208. The van der Waals surface area contributed by atoms with Crippen molar-refractivity contribution in [3.8, 4) is 0 Å². The fourth-order valence-corrected chi connectivity index (χ4v) is 3.80. The number of nitrogens with one attached hydrogen (secondary N) is 1. The minimum absolute atomic E-state index is 0.0509. The molecule has 7 heteroatoms. The molecule has 7 nitrogen and oxygen atoms in total. The maximum Gasteiger partial charge on any atom is 0.321 e. The number of carbonyl (C=O) groups excluding carboxylic acids is 1. The molecule has 2 aliphatic rings. The summed E-state index contributed by atoms with van der Waals surface area (Å²) in [5.41, 5.74) is 1.82. The Morgan fingerprint density at radius 1 is 0.893 bits per heavy atom. The maximum absolute atomic E-state index is 12.5. The van der Waals surface area contributed by atoms with Gasteiger partial charge in [-0.1, -0.05) is 18.2 Å². The fourth-order valence-electron chi connectivity index (χ4n) is 3.80. The van der Waals surface area contributed by atoms with Gasteiger partial charge in [0.2, 0.25) is 5.95 Å². The van der Waals surface area contributed by atoms with E-state index in [4.69, 9.17) is 4.98 Å². The number of piperazine rings is 1. The highest BCUT2D eigenvalue weighted by atomic mass is 16.2. The molecule has 2 fully saturated rings. The van der Waals surface area contributed by atoms with E-state index in [0.29, 0.717) is 13.1 Å². The number of anilines is 3. The zero-order valence-electron chi connectivity index (χ0n) is 16.5. The number of para-hydroxylation sites is 1. The van der Waals surface area contributed by atoms with Crippen LogP contribution in [0.25, 0.3) is 0 Å². The highest BCUT2D eigenvalue weighted by Gasteiger charge is 2.24. The van der Waals surface area contributed by atoms with Crippen LogP contribution in [-0.4, -0.2) is 60.2 Å². The third kappa shape index (κ3) is 4.35. The quantitative estimate of drug-likeness (QED) is 0.886. The summed E-state index contributed by atoms with van der Waals surface area (Å²) in [7, 11) is 0. The Bertz CT molecular complexity index is 798. The van der Waals surface area contributed by atoms with Crippen LogP contribution in [-0.2, 0) is 0 Å². The molecule has 0 radical (unpaired) electrons. The summed E-state index contributed by atoms with van der Waals surface area (Å²) in [6.45, 7) is 6.98. The molecular formula is C21H28N6O. The summed E-state index contributed by atoms with van der Waals surface area (Å²) in [5.74, 6) is 1.81. The van der Waals surface area contributed by atoms with Gasteiger partial charge in [-0.05, 0) is 38.3 Å². The van der Waals surface area contributed by atoms with E-state index in [2.05, 4.69) is 26.2 Å². The van der Waals surface area contributed by atoms with Crippen LogP contribution >= 0.6 is 0 Å². The molecule has 0 spiro atoms. The van der Waals surface area contributed by atoms with E-state index < -0.39 is 0 Å². The number of piperidine rings is 1. The number of nitrogens with zero attached hydrogens (tertiary/aromatic N) is 5. The molecule has 2 aliphatic heterocycles. The van der Waals surface area contributed by atoms with Crippen LogP contribution in [0.2, 0.25) is 0 Å². The van der Waals surface area contributed by atoms with E-state index in [1.54, 1.807) is 0 Å². The molecule has 0 unspecified atom stereocenters. The Morgan fingerprint density at radius 3 is 2.32 bits per heavy atom. The van der Waals surface area contributed by atoms with Crippen LogP contribution in [0.5, 0.6) is 0 Å². The number of aromatic nitrogens is 2. The van der Waals surface area contributed by atoms with Crippen molar-refractivity contribution in [2.45, 2.75) is 26.2 Å². The van der Waals surface area contributed by atoms with Crippen molar-refractivity contribution < 1.29 is 4.79 Å². The van der Waals surface area contributed by atoms with Gasteiger partial charge in [-0.25, -0.2) is 9.78 Å². The third-order valence-corrected chi connectivity index (χ3v) is 5.38. The molecule has 2 saturated heterocycles. The number of carbonyl (C=O) groups is 1. The molecule has 28 heavy (non-hydrogen) atoms. The molecule has 1 N–H and O–H groups in total. The van der Waals surface area contributed by atoms with E-state index in [-0.39, 0.29) is 6.03 Å². The predicted octanol–water partition coefficient (Wildman–Crippen LogP) is 3.13. The maximum atomic E-state index is 12.5. The van der Waals surface area contributed by atoms with Crippen LogP contribution in [0.1, 0.15) is 25.0 Å². The number of benzene rings is 1. The van der Waals surface area contributed by atoms with Crippen molar-refractivity contribution in [1.82, 2.24) is 14.9 Å². The van der Waals surface area contributed by atoms with Crippen molar-refractivity contribution in [3.05, 3.63) is 42.1 Å². The van der Waals surface area contributed by atoms with Gasteiger partial charge in [-0.2, -0.15) is 4.98 Å². The van der Waals surface area contributed by atoms with Crippen molar-refractivity contribution in [3.63, 3.8) is 0 Å². The molecule has 0 bridgehead atoms. The molecule has 1 aromatic heterocycles. The van der Waals surface area contributed by atoms with E-state index in [9.17, 15) is 4.79 Å². The van der Waals surface area contributed by atoms with Crippen molar-refractivity contribution in [2.75, 3.05) is 54.4 Å². The number of hydrogen-bond acceptors (Lipinski definition) is 5. The van der Waals surface area contributed by atoms with Gasteiger partial charge in [0.1, 0.15) is 5.82 Å². The first-order chi connectivity index (χ1) is 13.7. The minimum Gasteiger partial charge on any atom is -0.356 e. The van der Waals surface area contributed by atoms with E-state index in [1.165, 1.54) is 19.3 Å². The topological polar surface area (TPSA) is 64.6 Å². The standard InChI is InChI=1S/C21H28N6O/c1-17-16-19(25-10-6-3-7-11-25)24-20(22-17)26-12-14-27(15-13-26)21(28)23-18-8-4-2-5-9-18/h2,4-5,8-9,16H,3,6-7,10-15H2,1H3,(H,23,28). The van der Waals surface area contributed by atoms with E-state index >= 15 is 0 Å². The second-order valence-corrected chi connectivity index (χ2v) is 7.49. The van der Waals surface area contributed by atoms with Crippen molar-refractivity contribution in [2.24, 2.45) is 0 Å². The summed E-state index contributed by atoms with van der Waals surface area (Å²) in [5, 5.41) is 2.96. The largest absolute Gasteiger partial charge is 0.356 e. The smallest absolute Gasteiger partial charge is 0.321 e. The van der Waals surface area contributed by atoms with Gasteiger partial charge in [0.15, 0.2) is 0 Å². The van der Waals surface area contributed by atoms with Crippen LogP contribution in [0, 0.1) is 6.92 Å². The molecule has 2 amide bonds. The second kappa shape index (κ2) is 8.46. The average molecular weight is 380 g/mol. The third-order valence-electron chi connectivity index (χ3n) is 5.38. The van der Waals surface area contributed by atoms with Crippen LogP contribution in [0.3, 0.4) is 0 Å². The van der Waals surface area contributed by atoms with Crippen molar-refractivity contribution >= 4 is 23.5 Å². The van der Waals surface area contributed by atoms with Crippen LogP contribution in [0.15, 0.2) is 36.4 Å². The normalized spacial score (nSPS) is 17.5. The highest BCUT2D eigenvalue weighted by molar-refractivity contribution is 5.89. The zero-order valence-corrected chi connectivity index (χ0v) is 16.5. The lowest BCUT2D eigenvalue weighted by atomic mass is 10.1. The Balaban J connectivity index is 1.38. The first-order valence-corrected chi connectivity index (χ1v) is 10.2. The molecule has 1 aromatic carbocycles. The molecule has 0 aliphatic carbocycles. The zero-order chi connectivity index (χ0) is 19.3. The highest BCUT2D eigenvalue weighted by Crippen LogP contribution is 2.22. The van der Waals surface area contributed by atoms with Crippen molar-refractivity contribution in [1.29, 1.82) is 0 Å². The monoisotopic (exact) mass is 380 g/mol. The van der Waals surface area contributed by atoms with Gasteiger partial charge in [0, 0.05) is 56.7 Å². The second-order valence-electron chi connectivity index (χ2n) is 7.49. The Morgan fingerprint density at radius 2 is 1.61 bits per heavy atom. The molecule has 4 rings (SSSR count).